The van der Waals surface area contributed by atoms with E-state index in [9.17, 15) is 14.9 Å². The summed E-state index contributed by atoms with van der Waals surface area (Å²) in [5.41, 5.74) is 0.704. The molecule has 1 aromatic heterocycles. The number of amides is 1. The number of para-hydroxylation sites is 1. The minimum Gasteiger partial charge on any atom is -0.484 e. The summed E-state index contributed by atoms with van der Waals surface area (Å²) in [6, 6.07) is 13.6. The summed E-state index contributed by atoms with van der Waals surface area (Å²) >= 11 is 1.32. The summed E-state index contributed by atoms with van der Waals surface area (Å²) in [5, 5.41) is 11.0. The van der Waals surface area contributed by atoms with Crippen LogP contribution in [0.2, 0.25) is 0 Å². The molecule has 0 unspecified atom stereocenters. The number of hydrogen-bond acceptors (Lipinski definition) is 5. The van der Waals surface area contributed by atoms with E-state index in [1.165, 1.54) is 23.5 Å². The summed E-state index contributed by atoms with van der Waals surface area (Å²) in [6.45, 7) is 2.28. The molecular weight excluding hydrogens is 342 g/mol. The summed E-state index contributed by atoms with van der Waals surface area (Å²) < 4.78 is 8.02. The van der Waals surface area contributed by atoms with E-state index >= 15 is 0 Å². The van der Waals surface area contributed by atoms with Gasteiger partial charge in [0, 0.05) is 18.7 Å². The van der Waals surface area contributed by atoms with Crippen molar-refractivity contribution in [1.82, 2.24) is 4.57 Å². The van der Waals surface area contributed by atoms with Crippen molar-refractivity contribution in [2.45, 2.75) is 13.5 Å². The Bertz CT molecular complexity index is 992. The molecule has 0 N–H and O–H groups in total. The van der Waals surface area contributed by atoms with Crippen molar-refractivity contribution in [3.05, 3.63) is 63.4 Å². The van der Waals surface area contributed by atoms with Crippen LogP contribution in [-0.2, 0) is 11.3 Å². The molecule has 3 aromatic rings. The van der Waals surface area contributed by atoms with Gasteiger partial charge in [-0.25, -0.2) is 0 Å². The fraction of sp³-hybridized carbons (Fsp3) is 0.176. The normalized spacial score (nSPS) is 11.6. The standard InChI is InChI=1S/C17H15N3O4S/c1-2-19-14-10-12(20(22)23)8-9-15(14)25-17(19)18-16(21)11-24-13-6-4-3-5-7-13/h3-10H,2,11H2,1H3. The van der Waals surface area contributed by atoms with E-state index in [0.29, 0.717) is 22.6 Å². The largest absolute Gasteiger partial charge is 0.484 e. The molecule has 0 bridgehead atoms. The van der Waals surface area contributed by atoms with Crippen molar-refractivity contribution in [3.8, 4) is 5.75 Å². The number of nitro benzene ring substituents is 1. The van der Waals surface area contributed by atoms with Gasteiger partial charge in [-0.05, 0) is 25.1 Å². The third-order valence-corrected chi connectivity index (χ3v) is 4.58. The number of nitro groups is 1. The number of thiazole rings is 1. The quantitative estimate of drug-likeness (QED) is 0.518. The summed E-state index contributed by atoms with van der Waals surface area (Å²) in [7, 11) is 0. The molecule has 0 aliphatic carbocycles. The lowest BCUT2D eigenvalue weighted by Crippen LogP contribution is -2.18. The van der Waals surface area contributed by atoms with Crippen LogP contribution < -0.4 is 9.54 Å². The average molecular weight is 357 g/mol. The van der Waals surface area contributed by atoms with Gasteiger partial charge >= 0.3 is 0 Å². The van der Waals surface area contributed by atoms with Crippen LogP contribution in [0.3, 0.4) is 0 Å². The third kappa shape index (κ3) is 3.74. The van der Waals surface area contributed by atoms with E-state index in [1.807, 2.05) is 25.1 Å². The lowest BCUT2D eigenvalue weighted by atomic mass is 10.3. The van der Waals surface area contributed by atoms with E-state index in [-0.39, 0.29) is 12.3 Å². The number of carbonyl (C=O) groups is 1. The zero-order valence-corrected chi connectivity index (χ0v) is 14.2. The van der Waals surface area contributed by atoms with Crippen LogP contribution in [0.1, 0.15) is 6.92 Å². The number of nitrogens with zero attached hydrogens (tertiary/aromatic N) is 3. The Kier molecular flexibility index (Phi) is 4.90. The van der Waals surface area contributed by atoms with E-state index in [1.54, 1.807) is 22.8 Å². The second-order valence-corrected chi connectivity index (χ2v) is 6.15. The predicted octanol–water partition coefficient (Wildman–Crippen LogP) is 3.14. The van der Waals surface area contributed by atoms with Crippen LogP contribution in [0, 0.1) is 10.1 Å². The highest BCUT2D eigenvalue weighted by Crippen LogP contribution is 2.23. The summed E-state index contributed by atoms with van der Waals surface area (Å²) in [6.07, 6.45) is 0. The molecule has 0 saturated carbocycles. The van der Waals surface area contributed by atoms with Gasteiger partial charge in [0.15, 0.2) is 11.4 Å². The third-order valence-electron chi connectivity index (χ3n) is 3.52. The Morgan fingerprint density at radius 1 is 1.28 bits per heavy atom. The smallest absolute Gasteiger partial charge is 0.286 e. The molecule has 1 heterocycles. The minimum atomic E-state index is -0.438. The molecule has 0 fully saturated rings. The molecule has 3 rings (SSSR count). The first-order valence-corrected chi connectivity index (χ1v) is 8.43. The van der Waals surface area contributed by atoms with Gasteiger partial charge in [0.2, 0.25) is 0 Å². The number of benzene rings is 2. The topological polar surface area (TPSA) is 86.7 Å². The number of aryl methyl sites for hydroxylation is 1. The van der Waals surface area contributed by atoms with Gasteiger partial charge in [0.05, 0.1) is 15.1 Å². The van der Waals surface area contributed by atoms with Gasteiger partial charge < -0.3 is 9.30 Å². The number of non-ortho nitro benzene ring substituents is 1. The van der Waals surface area contributed by atoms with Crippen LogP contribution in [0.4, 0.5) is 5.69 Å². The Morgan fingerprint density at radius 3 is 2.72 bits per heavy atom. The highest BCUT2D eigenvalue weighted by molar-refractivity contribution is 7.16. The number of rotatable bonds is 5. The average Bonchev–Trinajstić information content (AvgIpc) is 2.96. The minimum absolute atomic E-state index is 0.0118. The fourth-order valence-corrected chi connectivity index (χ4v) is 3.45. The zero-order chi connectivity index (χ0) is 17.8. The van der Waals surface area contributed by atoms with Crippen molar-refractivity contribution in [1.29, 1.82) is 0 Å². The van der Waals surface area contributed by atoms with Crippen molar-refractivity contribution in [3.63, 3.8) is 0 Å². The second-order valence-electron chi connectivity index (χ2n) is 5.15. The monoisotopic (exact) mass is 357 g/mol. The van der Waals surface area contributed by atoms with Crippen LogP contribution in [0.15, 0.2) is 53.5 Å². The van der Waals surface area contributed by atoms with Gasteiger partial charge in [0.25, 0.3) is 11.6 Å². The molecule has 0 spiro atoms. The van der Waals surface area contributed by atoms with Gasteiger partial charge in [0.1, 0.15) is 5.75 Å². The molecule has 0 saturated heterocycles. The SMILES string of the molecule is CCn1c(=NC(=O)COc2ccccc2)sc2ccc([N+](=O)[O-])cc21. The van der Waals surface area contributed by atoms with E-state index in [0.717, 1.165) is 4.70 Å². The maximum Gasteiger partial charge on any atom is 0.286 e. The molecular formula is C17H15N3O4S. The van der Waals surface area contributed by atoms with Gasteiger partial charge in [-0.3, -0.25) is 14.9 Å². The Labute approximate surface area is 147 Å². The number of ether oxygens (including phenoxy) is 1. The molecule has 0 aliphatic heterocycles. The highest BCUT2D eigenvalue weighted by Gasteiger charge is 2.12. The zero-order valence-electron chi connectivity index (χ0n) is 13.4. The number of aromatic nitrogens is 1. The van der Waals surface area contributed by atoms with Crippen LogP contribution >= 0.6 is 11.3 Å². The van der Waals surface area contributed by atoms with Gasteiger partial charge in [-0.1, -0.05) is 29.5 Å². The van der Waals surface area contributed by atoms with E-state index in [2.05, 4.69) is 4.99 Å². The number of fused-ring (bicyclic) bond motifs is 1. The van der Waals surface area contributed by atoms with Crippen molar-refractivity contribution in [2.24, 2.45) is 4.99 Å². The van der Waals surface area contributed by atoms with Crippen molar-refractivity contribution >= 4 is 33.1 Å². The highest BCUT2D eigenvalue weighted by atomic mass is 32.1. The second kappa shape index (κ2) is 7.27. The molecule has 25 heavy (non-hydrogen) atoms. The maximum absolute atomic E-state index is 12.1. The van der Waals surface area contributed by atoms with Crippen molar-refractivity contribution < 1.29 is 14.5 Å². The van der Waals surface area contributed by atoms with Crippen LogP contribution in [-0.4, -0.2) is 22.0 Å². The first kappa shape index (κ1) is 16.8. The predicted molar refractivity (Wildman–Crippen MR) is 94.7 cm³/mol. The molecule has 2 aromatic carbocycles. The first-order chi connectivity index (χ1) is 12.1. The van der Waals surface area contributed by atoms with E-state index < -0.39 is 10.8 Å². The maximum atomic E-state index is 12.1. The Morgan fingerprint density at radius 2 is 2.04 bits per heavy atom. The molecule has 0 radical (unpaired) electrons. The summed E-state index contributed by atoms with van der Waals surface area (Å²) in [4.78, 5) is 27.2. The lowest BCUT2D eigenvalue weighted by molar-refractivity contribution is -0.384. The Balaban J connectivity index is 1.90. The fourth-order valence-electron chi connectivity index (χ4n) is 2.36. The van der Waals surface area contributed by atoms with Crippen molar-refractivity contribution in [2.75, 3.05) is 6.61 Å². The molecule has 128 valence electrons. The van der Waals surface area contributed by atoms with Gasteiger partial charge in [-0.2, -0.15) is 4.99 Å². The van der Waals surface area contributed by atoms with E-state index in [4.69, 9.17) is 4.74 Å². The molecule has 0 aliphatic rings. The summed E-state index contributed by atoms with van der Waals surface area (Å²) in [5.74, 6) is 0.188. The molecule has 8 heteroatoms. The number of carbonyl (C=O) groups excluding carboxylic acids is 1. The first-order valence-electron chi connectivity index (χ1n) is 7.61. The van der Waals surface area contributed by atoms with Gasteiger partial charge in [-0.15, -0.1) is 0 Å². The molecule has 0 atom stereocenters. The molecule has 7 nitrogen and oxygen atoms in total. The lowest BCUT2D eigenvalue weighted by Gasteiger charge is -2.02. The number of hydrogen-bond donors (Lipinski definition) is 0. The van der Waals surface area contributed by atoms with Crippen LogP contribution in [0.5, 0.6) is 5.75 Å². The Hall–Kier alpha value is -3.00. The molecule has 1 amide bonds. The van der Waals surface area contributed by atoms with Crippen LogP contribution in [0.25, 0.3) is 10.2 Å².